The summed E-state index contributed by atoms with van der Waals surface area (Å²) < 4.78 is 27.8. The van der Waals surface area contributed by atoms with E-state index in [0.29, 0.717) is 11.3 Å². The molecule has 7 heteroatoms. The Hall–Kier alpha value is -3.87. The van der Waals surface area contributed by atoms with Gasteiger partial charge in [0.1, 0.15) is 17.7 Å². The number of hydrogen-bond acceptors (Lipinski definition) is 3. The first-order valence-corrected chi connectivity index (χ1v) is 11.0. The summed E-state index contributed by atoms with van der Waals surface area (Å²) in [5.41, 5.74) is 1.82. The fourth-order valence-corrected chi connectivity index (χ4v) is 4.04. The number of nitrogens with zero attached hydrogens (tertiary/aromatic N) is 2. The number of imide groups is 1. The second kappa shape index (κ2) is 9.55. The largest absolute Gasteiger partial charge is 0.322 e. The molecule has 1 aliphatic rings. The Morgan fingerprint density at radius 2 is 1.62 bits per heavy atom. The van der Waals surface area contributed by atoms with E-state index >= 15 is 0 Å². The van der Waals surface area contributed by atoms with Crippen molar-refractivity contribution in [3.63, 3.8) is 0 Å². The molecule has 1 heterocycles. The van der Waals surface area contributed by atoms with Crippen LogP contribution >= 0.6 is 0 Å². The van der Waals surface area contributed by atoms with Crippen LogP contribution < -0.4 is 4.90 Å². The number of rotatable bonds is 6. The molecule has 0 bridgehead atoms. The summed E-state index contributed by atoms with van der Waals surface area (Å²) in [5, 5.41) is 0. The van der Waals surface area contributed by atoms with E-state index in [4.69, 9.17) is 0 Å². The van der Waals surface area contributed by atoms with Crippen molar-refractivity contribution in [2.24, 2.45) is 0 Å². The van der Waals surface area contributed by atoms with Crippen molar-refractivity contribution in [1.29, 1.82) is 0 Å². The van der Waals surface area contributed by atoms with Crippen molar-refractivity contribution in [2.45, 2.75) is 38.8 Å². The van der Waals surface area contributed by atoms with E-state index in [1.54, 1.807) is 12.1 Å². The Labute approximate surface area is 196 Å². The lowest BCUT2D eigenvalue weighted by atomic mass is 10.0. The first-order chi connectivity index (χ1) is 16.3. The molecular weight excluding hydrogens is 438 g/mol. The summed E-state index contributed by atoms with van der Waals surface area (Å²) in [6.07, 6.45) is -0.230. The maximum atomic E-state index is 14.4. The minimum absolute atomic E-state index is 0.0861. The van der Waals surface area contributed by atoms with Gasteiger partial charge >= 0.3 is 0 Å². The molecule has 34 heavy (non-hydrogen) atoms. The van der Waals surface area contributed by atoms with Gasteiger partial charge in [0.15, 0.2) is 0 Å². The van der Waals surface area contributed by atoms with E-state index in [9.17, 15) is 23.2 Å². The Morgan fingerprint density at radius 3 is 2.24 bits per heavy atom. The van der Waals surface area contributed by atoms with Crippen molar-refractivity contribution in [3.8, 4) is 0 Å². The Bertz CT molecular complexity index is 1220. The average Bonchev–Trinajstić information content (AvgIpc) is 3.12. The predicted molar refractivity (Wildman–Crippen MR) is 124 cm³/mol. The highest BCUT2D eigenvalue weighted by atomic mass is 19.1. The lowest BCUT2D eigenvalue weighted by Crippen LogP contribution is -2.45. The van der Waals surface area contributed by atoms with Gasteiger partial charge in [0.25, 0.3) is 11.8 Å². The molecule has 3 aromatic rings. The van der Waals surface area contributed by atoms with Crippen molar-refractivity contribution in [3.05, 3.63) is 101 Å². The van der Waals surface area contributed by atoms with Gasteiger partial charge in [-0.1, -0.05) is 50.2 Å². The standard InChI is InChI=1S/C27H24F2N2O3/c1-17(2)19-9-13-21(14-10-19)31-25(32)15-24(27(31)34)30(16-18-7-11-20(28)12-8-18)26(33)22-5-3-4-6-23(22)29/h3-14,17,24H,15-16H2,1-2H3. The number of hydrogen-bond donors (Lipinski definition) is 0. The van der Waals surface area contributed by atoms with Gasteiger partial charge in [-0.25, -0.2) is 13.7 Å². The summed E-state index contributed by atoms with van der Waals surface area (Å²) in [5.74, 6) is -2.61. The van der Waals surface area contributed by atoms with Crippen molar-refractivity contribution in [2.75, 3.05) is 4.90 Å². The van der Waals surface area contributed by atoms with Gasteiger partial charge in [0.2, 0.25) is 5.91 Å². The van der Waals surface area contributed by atoms with Crippen LogP contribution in [0.3, 0.4) is 0 Å². The Kier molecular flexibility index (Phi) is 6.54. The van der Waals surface area contributed by atoms with E-state index in [1.807, 2.05) is 26.0 Å². The summed E-state index contributed by atoms with van der Waals surface area (Å²) in [4.78, 5) is 41.9. The number of amides is 3. The maximum absolute atomic E-state index is 14.4. The summed E-state index contributed by atoms with van der Waals surface area (Å²) in [6, 6.07) is 16.9. The van der Waals surface area contributed by atoms with Crippen molar-refractivity contribution < 1.29 is 23.2 Å². The van der Waals surface area contributed by atoms with Gasteiger partial charge < -0.3 is 4.90 Å². The molecule has 0 saturated carbocycles. The van der Waals surface area contributed by atoms with E-state index in [2.05, 4.69) is 0 Å². The molecule has 174 valence electrons. The van der Waals surface area contributed by atoms with Gasteiger partial charge in [-0.05, 0) is 53.4 Å². The minimum atomic E-state index is -1.12. The predicted octanol–water partition coefficient (Wildman–Crippen LogP) is 5.06. The molecule has 1 saturated heterocycles. The molecule has 0 radical (unpaired) electrons. The SMILES string of the molecule is CC(C)c1ccc(N2C(=O)CC(N(Cc3ccc(F)cc3)C(=O)c3ccccc3F)C2=O)cc1. The summed E-state index contributed by atoms with van der Waals surface area (Å²) in [7, 11) is 0. The Balaban J connectivity index is 1.68. The fraction of sp³-hybridized carbons (Fsp3) is 0.222. The zero-order valence-electron chi connectivity index (χ0n) is 18.9. The van der Waals surface area contributed by atoms with Gasteiger partial charge in [0, 0.05) is 6.54 Å². The molecule has 3 aromatic carbocycles. The van der Waals surface area contributed by atoms with Gasteiger partial charge in [0.05, 0.1) is 17.7 Å². The normalized spacial score (nSPS) is 15.8. The summed E-state index contributed by atoms with van der Waals surface area (Å²) in [6.45, 7) is 3.99. The number of halogens is 2. The van der Waals surface area contributed by atoms with Crippen LogP contribution in [0.25, 0.3) is 0 Å². The maximum Gasteiger partial charge on any atom is 0.257 e. The smallest absolute Gasteiger partial charge is 0.257 e. The molecule has 0 N–H and O–H groups in total. The van der Waals surface area contributed by atoms with Crippen LogP contribution in [-0.2, 0) is 16.1 Å². The third-order valence-corrected chi connectivity index (χ3v) is 5.95. The highest BCUT2D eigenvalue weighted by Crippen LogP contribution is 2.29. The fourth-order valence-electron chi connectivity index (χ4n) is 4.04. The first kappa shape index (κ1) is 23.3. The van der Waals surface area contributed by atoms with Crippen LogP contribution in [0.5, 0.6) is 0 Å². The zero-order chi connectivity index (χ0) is 24.4. The molecular formula is C27H24F2N2O3. The van der Waals surface area contributed by atoms with Crippen molar-refractivity contribution in [1.82, 2.24) is 4.90 Å². The molecule has 0 spiro atoms. The number of benzene rings is 3. The first-order valence-electron chi connectivity index (χ1n) is 11.0. The van der Waals surface area contributed by atoms with Crippen LogP contribution in [-0.4, -0.2) is 28.7 Å². The molecule has 1 fully saturated rings. The molecule has 3 amide bonds. The number of anilines is 1. The molecule has 1 aliphatic heterocycles. The monoisotopic (exact) mass is 462 g/mol. The minimum Gasteiger partial charge on any atom is -0.322 e. The molecule has 1 atom stereocenters. The van der Waals surface area contributed by atoms with Crippen LogP contribution in [0, 0.1) is 11.6 Å². The Morgan fingerprint density at radius 1 is 0.971 bits per heavy atom. The van der Waals surface area contributed by atoms with E-state index in [0.717, 1.165) is 16.5 Å². The average molecular weight is 462 g/mol. The van der Waals surface area contributed by atoms with E-state index in [1.165, 1.54) is 47.4 Å². The lowest BCUT2D eigenvalue weighted by molar-refractivity contribution is -0.122. The van der Waals surface area contributed by atoms with Crippen molar-refractivity contribution >= 4 is 23.4 Å². The van der Waals surface area contributed by atoms with Crippen LogP contribution in [0.4, 0.5) is 14.5 Å². The molecule has 4 rings (SSSR count). The number of carbonyl (C=O) groups is 3. The highest BCUT2D eigenvalue weighted by molar-refractivity contribution is 6.23. The van der Waals surface area contributed by atoms with E-state index < -0.39 is 35.4 Å². The van der Waals surface area contributed by atoms with Gasteiger partial charge in [-0.15, -0.1) is 0 Å². The molecule has 0 aromatic heterocycles. The lowest BCUT2D eigenvalue weighted by Gasteiger charge is -2.28. The quantitative estimate of drug-likeness (QED) is 0.481. The highest BCUT2D eigenvalue weighted by Gasteiger charge is 2.44. The third-order valence-electron chi connectivity index (χ3n) is 5.95. The summed E-state index contributed by atoms with van der Waals surface area (Å²) >= 11 is 0. The van der Waals surface area contributed by atoms with Crippen LogP contribution in [0.15, 0.2) is 72.8 Å². The topological polar surface area (TPSA) is 57.7 Å². The van der Waals surface area contributed by atoms with Crippen LogP contribution in [0.1, 0.15) is 47.7 Å². The zero-order valence-corrected chi connectivity index (χ0v) is 18.9. The second-order valence-corrected chi connectivity index (χ2v) is 8.57. The number of carbonyl (C=O) groups excluding carboxylic acids is 3. The second-order valence-electron chi connectivity index (χ2n) is 8.57. The van der Waals surface area contributed by atoms with Crippen LogP contribution in [0.2, 0.25) is 0 Å². The third kappa shape index (κ3) is 4.59. The van der Waals surface area contributed by atoms with Gasteiger partial charge in [-0.3, -0.25) is 14.4 Å². The van der Waals surface area contributed by atoms with E-state index in [-0.39, 0.29) is 24.4 Å². The van der Waals surface area contributed by atoms with Gasteiger partial charge in [-0.2, -0.15) is 0 Å². The molecule has 0 aliphatic carbocycles. The molecule has 5 nitrogen and oxygen atoms in total. The molecule has 1 unspecified atom stereocenters.